The molecule has 0 aliphatic carbocycles. The summed E-state index contributed by atoms with van der Waals surface area (Å²) in [6.45, 7) is 3.55. The molecule has 24 heavy (non-hydrogen) atoms. The van der Waals surface area contributed by atoms with E-state index in [1.54, 1.807) is 11.8 Å². The van der Waals surface area contributed by atoms with E-state index in [0.717, 1.165) is 29.0 Å². The van der Waals surface area contributed by atoms with Gasteiger partial charge in [-0.3, -0.25) is 4.79 Å². The molecule has 1 atom stereocenters. The average Bonchev–Trinajstić information content (AvgIpc) is 2.60. The van der Waals surface area contributed by atoms with Crippen LogP contribution in [-0.4, -0.2) is 25.3 Å². The molecule has 0 spiro atoms. The molecule has 2 aromatic rings. The summed E-state index contributed by atoms with van der Waals surface area (Å²) < 4.78 is 0. The zero-order valence-electron chi connectivity index (χ0n) is 14.0. The molecule has 2 aromatic carbocycles. The summed E-state index contributed by atoms with van der Waals surface area (Å²) in [5, 5.41) is 6.59. The Morgan fingerprint density at radius 1 is 1.29 bits per heavy atom. The maximum atomic E-state index is 12.5. The highest BCUT2D eigenvalue weighted by molar-refractivity contribution is 7.98. The summed E-state index contributed by atoms with van der Waals surface area (Å²) in [6.07, 6.45) is 3.07. The highest BCUT2D eigenvalue weighted by atomic mass is 35.5. The predicted octanol–water partition coefficient (Wildman–Crippen LogP) is 3.76. The number of amides is 1. The maximum Gasteiger partial charge on any atom is 0.251 e. The van der Waals surface area contributed by atoms with E-state index < -0.39 is 0 Å². The van der Waals surface area contributed by atoms with Crippen molar-refractivity contribution in [1.29, 1.82) is 0 Å². The lowest BCUT2D eigenvalue weighted by Gasteiger charge is -2.27. The van der Waals surface area contributed by atoms with E-state index in [4.69, 9.17) is 0 Å². The van der Waals surface area contributed by atoms with Crippen molar-refractivity contribution in [2.24, 2.45) is 0 Å². The van der Waals surface area contributed by atoms with Crippen molar-refractivity contribution in [3.8, 4) is 0 Å². The lowest BCUT2D eigenvalue weighted by atomic mass is 9.94. The van der Waals surface area contributed by atoms with Crippen LogP contribution >= 0.6 is 24.2 Å². The molecular weight excluding hydrogens is 340 g/mol. The van der Waals surface area contributed by atoms with Crippen molar-refractivity contribution in [2.45, 2.75) is 24.3 Å². The number of carbonyl (C=O) groups is 1. The fourth-order valence-electron chi connectivity index (χ4n) is 3.04. The van der Waals surface area contributed by atoms with Crippen molar-refractivity contribution in [3.05, 3.63) is 64.7 Å². The van der Waals surface area contributed by atoms with Gasteiger partial charge in [0.25, 0.3) is 5.91 Å². The highest BCUT2D eigenvalue weighted by Gasteiger charge is 2.20. The Hall–Kier alpha value is -1.49. The number of carbonyl (C=O) groups excluding carboxylic acids is 1. The van der Waals surface area contributed by atoms with Crippen LogP contribution in [0, 0.1) is 6.92 Å². The van der Waals surface area contributed by atoms with Crippen LogP contribution in [0.3, 0.4) is 0 Å². The van der Waals surface area contributed by atoms with Gasteiger partial charge in [0.05, 0.1) is 0 Å². The van der Waals surface area contributed by atoms with E-state index >= 15 is 0 Å². The molecule has 1 aliphatic heterocycles. The molecule has 3 rings (SSSR count). The molecule has 0 saturated heterocycles. The first-order chi connectivity index (χ1) is 11.2. The minimum absolute atomic E-state index is 0. The standard InChI is InChI=1S/C19H22N2OS.ClH/c1-13-7-8-15(23-2)11-17(13)19(22)21-12-18-16-6-4-3-5-14(16)9-10-20-18;/h3-8,11,18,20H,9-10,12H2,1-2H3,(H,21,22);1H. The zero-order chi connectivity index (χ0) is 16.2. The molecule has 1 amide bonds. The zero-order valence-corrected chi connectivity index (χ0v) is 15.6. The quantitative estimate of drug-likeness (QED) is 0.814. The van der Waals surface area contributed by atoms with Crippen LogP contribution in [-0.2, 0) is 6.42 Å². The average molecular weight is 363 g/mol. The van der Waals surface area contributed by atoms with E-state index in [0.29, 0.717) is 6.54 Å². The number of nitrogens with one attached hydrogen (secondary N) is 2. The number of fused-ring (bicyclic) bond motifs is 1. The Bertz CT molecular complexity index is 720. The molecule has 0 fully saturated rings. The summed E-state index contributed by atoms with van der Waals surface area (Å²) in [5.74, 6) is 0.00301. The Kier molecular flexibility index (Phi) is 6.72. The molecule has 1 heterocycles. The molecule has 1 aliphatic rings. The molecule has 128 valence electrons. The topological polar surface area (TPSA) is 41.1 Å². The van der Waals surface area contributed by atoms with Crippen LogP contribution in [0.2, 0.25) is 0 Å². The first kappa shape index (κ1) is 18.8. The van der Waals surface area contributed by atoms with Crippen LogP contribution in [0.1, 0.15) is 33.1 Å². The summed E-state index contributed by atoms with van der Waals surface area (Å²) in [7, 11) is 0. The van der Waals surface area contributed by atoms with E-state index in [1.165, 1.54) is 11.1 Å². The van der Waals surface area contributed by atoms with Gasteiger partial charge in [-0.2, -0.15) is 0 Å². The largest absolute Gasteiger partial charge is 0.350 e. The molecule has 0 radical (unpaired) electrons. The normalized spacial score (nSPS) is 16.0. The fourth-order valence-corrected chi connectivity index (χ4v) is 3.48. The molecule has 0 bridgehead atoms. The van der Waals surface area contributed by atoms with Crippen molar-refractivity contribution in [2.75, 3.05) is 19.3 Å². The Morgan fingerprint density at radius 2 is 2.08 bits per heavy atom. The predicted molar refractivity (Wildman–Crippen MR) is 103 cm³/mol. The Labute approximate surface area is 154 Å². The van der Waals surface area contributed by atoms with Gasteiger partial charge in [0.1, 0.15) is 0 Å². The summed E-state index contributed by atoms with van der Waals surface area (Å²) in [5.41, 5.74) is 4.46. The maximum absolute atomic E-state index is 12.5. The monoisotopic (exact) mass is 362 g/mol. The summed E-state index contributed by atoms with van der Waals surface area (Å²) in [6, 6.07) is 14.7. The van der Waals surface area contributed by atoms with Crippen LogP contribution in [0.25, 0.3) is 0 Å². The number of aryl methyl sites for hydroxylation is 1. The van der Waals surface area contributed by atoms with E-state index in [2.05, 4.69) is 41.0 Å². The number of benzene rings is 2. The van der Waals surface area contributed by atoms with E-state index in [1.807, 2.05) is 25.3 Å². The molecule has 5 heteroatoms. The van der Waals surface area contributed by atoms with Gasteiger partial charge in [-0.25, -0.2) is 0 Å². The number of hydrogen-bond acceptors (Lipinski definition) is 3. The highest BCUT2D eigenvalue weighted by Crippen LogP contribution is 2.22. The number of thioether (sulfide) groups is 1. The SMILES string of the molecule is CSc1ccc(C)c(C(=O)NCC2NCCc3ccccc32)c1.Cl. The number of rotatable bonds is 4. The van der Waals surface area contributed by atoms with Gasteiger partial charge in [-0.15, -0.1) is 24.2 Å². The second-order valence-corrected chi connectivity index (χ2v) is 6.73. The lowest BCUT2D eigenvalue weighted by molar-refractivity contribution is 0.0948. The van der Waals surface area contributed by atoms with Gasteiger partial charge in [-0.05, 0) is 55.0 Å². The third-order valence-corrected chi connectivity index (χ3v) is 5.10. The third-order valence-electron chi connectivity index (χ3n) is 4.37. The van der Waals surface area contributed by atoms with Crippen molar-refractivity contribution >= 4 is 30.1 Å². The van der Waals surface area contributed by atoms with E-state index in [-0.39, 0.29) is 24.4 Å². The molecular formula is C19H23ClN2OS. The number of halogens is 1. The Morgan fingerprint density at radius 3 is 2.88 bits per heavy atom. The fraction of sp³-hybridized carbons (Fsp3) is 0.316. The first-order valence-corrected chi connectivity index (χ1v) is 9.15. The minimum Gasteiger partial charge on any atom is -0.350 e. The molecule has 0 saturated carbocycles. The lowest BCUT2D eigenvalue weighted by Crippen LogP contribution is -2.39. The number of hydrogen-bond donors (Lipinski definition) is 2. The summed E-state index contributed by atoms with van der Waals surface area (Å²) in [4.78, 5) is 13.7. The molecule has 0 aromatic heterocycles. The molecule has 1 unspecified atom stereocenters. The van der Waals surface area contributed by atoms with Crippen LogP contribution < -0.4 is 10.6 Å². The van der Waals surface area contributed by atoms with Gasteiger partial charge >= 0.3 is 0 Å². The summed E-state index contributed by atoms with van der Waals surface area (Å²) >= 11 is 1.65. The van der Waals surface area contributed by atoms with Crippen LogP contribution in [0.5, 0.6) is 0 Å². The third kappa shape index (κ3) is 4.12. The van der Waals surface area contributed by atoms with Crippen LogP contribution in [0.15, 0.2) is 47.4 Å². The van der Waals surface area contributed by atoms with Gasteiger partial charge in [0, 0.05) is 23.0 Å². The van der Waals surface area contributed by atoms with Gasteiger partial charge in [0.15, 0.2) is 0 Å². The smallest absolute Gasteiger partial charge is 0.251 e. The first-order valence-electron chi connectivity index (χ1n) is 7.93. The van der Waals surface area contributed by atoms with Crippen molar-refractivity contribution in [3.63, 3.8) is 0 Å². The Balaban J connectivity index is 0.00000208. The van der Waals surface area contributed by atoms with E-state index in [9.17, 15) is 4.79 Å². The minimum atomic E-state index is 0. The molecule has 3 nitrogen and oxygen atoms in total. The second kappa shape index (κ2) is 8.56. The van der Waals surface area contributed by atoms with Gasteiger partial charge < -0.3 is 10.6 Å². The van der Waals surface area contributed by atoms with Gasteiger partial charge in [-0.1, -0.05) is 30.3 Å². The van der Waals surface area contributed by atoms with Crippen molar-refractivity contribution in [1.82, 2.24) is 10.6 Å². The van der Waals surface area contributed by atoms with Crippen LogP contribution in [0.4, 0.5) is 0 Å². The van der Waals surface area contributed by atoms with Gasteiger partial charge in [0.2, 0.25) is 0 Å². The van der Waals surface area contributed by atoms with Crippen molar-refractivity contribution < 1.29 is 4.79 Å². The second-order valence-electron chi connectivity index (χ2n) is 5.85. The molecule has 2 N–H and O–H groups in total.